The number of ether oxygens (including phenoxy) is 1. The minimum Gasteiger partial charge on any atom is -0.497 e. The van der Waals surface area contributed by atoms with E-state index in [-0.39, 0.29) is 5.78 Å². The van der Waals surface area contributed by atoms with Crippen LogP contribution in [-0.2, 0) is 19.4 Å². The van der Waals surface area contributed by atoms with E-state index < -0.39 is 0 Å². The molecule has 2 aromatic carbocycles. The number of ketones is 1. The van der Waals surface area contributed by atoms with E-state index in [0.29, 0.717) is 23.3 Å². The summed E-state index contributed by atoms with van der Waals surface area (Å²) in [5.74, 6) is 2.64. The molecule has 0 radical (unpaired) electrons. The fraction of sp³-hybridized carbons (Fsp3) is 0.240. The lowest BCUT2D eigenvalue weighted by Crippen LogP contribution is -2.07. The number of benzene rings is 2. The van der Waals surface area contributed by atoms with Gasteiger partial charge in [-0.05, 0) is 60.7 Å². The lowest BCUT2D eigenvalue weighted by molar-refractivity contribution is 0.102. The van der Waals surface area contributed by atoms with E-state index in [1.54, 1.807) is 13.4 Å². The van der Waals surface area contributed by atoms with Crippen LogP contribution in [0.1, 0.15) is 33.7 Å². The number of furan rings is 1. The van der Waals surface area contributed by atoms with Gasteiger partial charge in [0.05, 0.1) is 25.7 Å². The van der Waals surface area contributed by atoms with Gasteiger partial charge in [-0.15, -0.1) is 10.2 Å². The van der Waals surface area contributed by atoms with Crippen LogP contribution in [0.4, 0.5) is 0 Å². The predicted octanol–water partition coefficient (Wildman–Crippen LogP) is 5.06. The first-order chi connectivity index (χ1) is 15.7. The highest BCUT2D eigenvalue weighted by atomic mass is 32.2. The maximum atomic E-state index is 12.9. The van der Waals surface area contributed by atoms with Crippen LogP contribution in [-0.4, -0.2) is 33.4 Å². The van der Waals surface area contributed by atoms with Crippen LogP contribution < -0.4 is 4.74 Å². The number of carbonyl (C=O) groups is 1. The van der Waals surface area contributed by atoms with E-state index in [1.807, 2.05) is 47.0 Å². The number of aromatic nitrogens is 3. The fourth-order valence-electron chi connectivity index (χ4n) is 4.03. The van der Waals surface area contributed by atoms with Crippen molar-refractivity contribution in [2.45, 2.75) is 31.0 Å². The number of hydrogen-bond donors (Lipinski definition) is 0. The molecule has 6 nitrogen and oxygen atoms in total. The minimum absolute atomic E-state index is 0.0974. The topological polar surface area (TPSA) is 70.2 Å². The Morgan fingerprint density at radius 3 is 2.84 bits per heavy atom. The van der Waals surface area contributed by atoms with Crippen molar-refractivity contribution < 1.29 is 13.9 Å². The average Bonchev–Trinajstić information content (AvgIpc) is 3.58. The highest BCUT2D eigenvalue weighted by molar-refractivity contribution is 7.99. The standard InChI is InChI=1S/C25H23N3O3S/c1-30-21-8-3-7-20(14-21)24-26-27-25(28(24)15-22-9-4-12-31-22)32-16-23(29)19-11-10-17-5-2-6-18(17)13-19/h3-4,7-14H,2,5-6,15-16H2,1H3. The monoisotopic (exact) mass is 445 g/mol. The van der Waals surface area contributed by atoms with Crippen molar-refractivity contribution >= 4 is 17.5 Å². The van der Waals surface area contributed by atoms with E-state index in [9.17, 15) is 4.79 Å². The van der Waals surface area contributed by atoms with Gasteiger partial charge in [-0.1, -0.05) is 36.0 Å². The minimum atomic E-state index is 0.0974. The highest BCUT2D eigenvalue weighted by Crippen LogP contribution is 2.29. The molecular weight excluding hydrogens is 422 g/mol. The Morgan fingerprint density at radius 2 is 2.00 bits per heavy atom. The molecule has 0 spiro atoms. The first kappa shape index (κ1) is 20.6. The molecule has 0 saturated carbocycles. The summed E-state index contributed by atoms with van der Waals surface area (Å²) in [7, 11) is 1.64. The fourth-order valence-corrected chi connectivity index (χ4v) is 4.86. The first-order valence-corrected chi connectivity index (χ1v) is 11.6. The van der Waals surface area contributed by atoms with Crippen LogP contribution >= 0.6 is 11.8 Å². The Bertz CT molecular complexity index is 1250. The molecule has 0 N–H and O–H groups in total. The smallest absolute Gasteiger partial charge is 0.192 e. The number of aryl methyl sites for hydroxylation is 2. The van der Waals surface area contributed by atoms with Gasteiger partial charge in [0.1, 0.15) is 11.5 Å². The van der Waals surface area contributed by atoms with Gasteiger partial charge in [-0.2, -0.15) is 0 Å². The third-order valence-corrected chi connectivity index (χ3v) is 6.66. The van der Waals surface area contributed by atoms with Gasteiger partial charge < -0.3 is 9.15 Å². The van der Waals surface area contributed by atoms with Crippen LogP contribution in [0.2, 0.25) is 0 Å². The third-order valence-electron chi connectivity index (χ3n) is 5.69. The van der Waals surface area contributed by atoms with Crippen molar-refractivity contribution in [2.24, 2.45) is 0 Å². The molecule has 0 saturated heterocycles. The van der Waals surface area contributed by atoms with Crippen molar-refractivity contribution in [1.29, 1.82) is 0 Å². The van der Waals surface area contributed by atoms with Crippen LogP contribution in [0.3, 0.4) is 0 Å². The number of rotatable bonds is 8. The van der Waals surface area contributed by atoms with Gasteiger partial charge in [-0.25, -0.2) is 0 Å². The molecule has 0 bridgehead atoms. The molecule has 0 unspecified atom stereocenters. The van der Waals surface area contributed by atoms with Gasteiger partial charge in [0.15, 0.2) is 16.8 Å². The normalized spacial score (nSPS) is 12.7. The van der Waals surface area contributed by atoms with Gasteiger partial charge in [0.25, 0.3) is 0 Å². The Labute approximate surface area is 190 Å². The Morgan fingerprint density at radius 1 is 1.09 bits per heavy atom. The van der Waals surface area contributed by atoms with E-state index in [1.165, 1.54) is 29.3 Å². The van der Waals surface area contributed by atoms with Crippen LogP contribution in [0.5, 0.6) is 5.75 Å². The van der Waals surface area contributed by atoms with Gasteiger partial charge in [0.2, 0.25) is 0 Å². The second-order valence-electron chi connectivity index (χ2n) is 7.75. The molecule has 4 aromatic rings. The third kappa shape index (κ3) is 4.21. The van der Waals surface area contributed by atoms with E-state index in [2.05, 4.69) is 22.3 Å². The highest BCUT2D eigenvalue weighted by Gasteiger charge is 2.19. The molecular formula is C25H23N3O3S. The van der Waals surface area contributed by atoms with Crippen molar-refractivity contribution in [1.82, 2.24) is 14.8 Å². The second kappa shape index (κ2) is 9.04. The van der Waals surface area contributed by atoms with Crippen molar-refractivity contribution in [2.75, 3.05) is 12.9 Å². The zero-order valence-corrected chi connectivity index (χ0v) is 18.6. The van der Waals surface area contributed by atoms with Crippen molar-refractivity contribution in [3.8, 4) is 17.1 Å². The summed E-state index contributed by atoms with van der Waals surface area (Å²) in [4.78, 5) is 12.9. The zero-order valence-electron chi connectivity index (χ0n) is 17.8. The van der Waals surface area contributed by atoms with Gasteiger partial charge >= 0.3 is 0 Å². The Hall–Kier alpha value is -3.32. The summed E-state index contributed by atoms with van der Waals surface area (Å²) in [6.45, 7) is 0.474. The SMILES string of the molecule is COc1cccc(-c2nnc(SCC(=O)c3ccc4c(c3)CCC4)n2Cc2ccco2)c1. The van der Waals surface area contributed by atoms with Crippen molar-refractivity contribution in [3.63, 3.8) is 0 Å². The second-order valence-corrected chi connectivity index (χ2v) is 8.70. The Kier molecular flexibility index (Phi) is 5.81. The predicted molar refractivity (Wildman–Crippen MR) is 123 cm³/mol. The number of nitrogens with zero attached hydrogens (tertiary/aromatic N) is 3. The Balaban J connectivity index is 1.40. The molecule has 162 valence electrons. The van der Waals surface area contributed by atoms with Crippen LogP contribution in [0, 0.1) is 0 Å². The van der Waals surface area contributed by atoms with E-state index in [4.69, 9.17) is 9.15 Å². The molecule has 7 heteroatoms. The number of hydrogen-bond acceptors (Lipinski definition) is 6. The molecule has 1 aliphatic carbocycles. The molecule has 1 aliphatic rings. The zero-order chi connectivity index (χ0) is 21.9. The van der Waals surface area contributed by atoms with Gasteiger partial charge in [-0.3, -0.25) is 9.36 Å². The quantitative estimate of drug-likeness (QED) is 0.279. The molecule has 2 aromatic heterocycles. The molecule has 32 heavy (non-hydrogen) atoms. The van der Waals surface area contributed by atoms with Crippen LogP contribution in [0.25, 0.3) is 11.4 Å². The summed E-state index contributed by atoms with van der Waals surface area (Å²) >= 11 is 1.40. The van der Waals surface area contributed by atoms with Crippen LogP contribution in [0.15, 0.2) is 70.4 Å². The van der Waals surface area contributed by atoms with E-state index >= 15 is 0 Å². The number of fused-ring (bicyclic) bond motifs is 1. The lowest BCUT2D eigenvalue weighted by atomic mass is 10.0. The summed E-state index contributed by atoms with van der Waals surface area (Å²) in [6, 6.07) is 17.6. The molecule has 2 heterocycles. The summed E-state index contributed by atoms with van der Waals surface area (Å²) in [5, 5.41) is 9.49. The maximum absolute atomic E-state index is 12.9. The average molecular weight is 446 g/mol. The summed E-state index contributed by atoms with van der Waals surface area (Å²) in [5.41, 5.74) is 4.33. The lowest BCUT2D eigenvalue weighted by Gasteiger charge is -2.10. The molecule has 0 amide bonds. The summed E-state index contributed by atoms with van der Waals surface area (Å²) < 4.78 is 12.9. The largest absolute Gasteiger partial charge is 0.497 e. The number of Topliss-reactive ketones (excluding diaryl/α,β-unsaturated/α-hetero) is 1. The van der Waals surface area contributed by atoms with Gasteiger partial charge in [0, 0.05) is 11.1 Å². The first-order valence-electron chi connectivity index (χ1n) is 10.6. The number of thioether (sulfide) groups is 1. The van der Waals surface area contributed by atoms with Crippen molar-refractivity contribution in [3.05, 3.63) is 83.3 Å². The number of methoxy groups -OCH3 is 1. The molecule has 0 fully saturated rings. The maximum Gasteiger partial charge on any atom is 0.192 e. The number of carbonyl (C=O) groups excluding carboxylic acids is 1. The summed E-state index contributed by atoms with van der Waals surface area (Å²) in [6.07, 6.45) is 4.99. The molecule has 5 rings (SSSR count). The molecule has 0 atom stereocenters. The van der Waals surface area contributed by atoms with E-state index in [0.717, 1.165) is 35.5 Å². The molecule has 0 aliphatic heterocycles.